The predicted octanol–water partition coefficient (Wildman–Crippen LogP) is 9.21. The van der Waals surface area contributed by atoms with Crippen molar-refractivity contribution in [3.8, 4) is 5.75 Å². The molecular formula is C43H40F2N2O2. The molecule has 6 aromatic carbocycles. The minimum absolute atomic E-state index is 0.195. The lowest BCUT2D eigenvalue weighted by molar-refractivity contribution is 0.0400. The molecular weight excluding hydrogens is 614 g/mol. The van der Waals surface area contributed by atoms with Crippen LogP contribution in [0.2, 0.25) is 0 Å². The molecule has 3 unspecified atom stereocenters. The molecule has 4 nitrogen and oxygen atoms in total. The number of β-amino-alcohol motifs (C(OH)–C–C–N with tert-alkyl or cyclic N) is 1. The molecule has 248 valence electrons. The standard InChI is InChI=1S/C43H40F2N2O2/c44-41-36-12-5-6-13-37(36)43(38-15-7-14-30(27-16-17-27)40(38)42(41)45)47-22-20-46(21-23-47)25-28(48)26-49-29-18-19-35-33-10-2-1-8-31(33)32-9-3-4-11-34(32)39(35)24-29/h1-15,18-19,24,27-28,41-43,48H,16-17,20-23,25-26H2/t28-,41?,42?,43?/m1/s1. The van der Waals surface area contributed by atoms with E-state index in [-0.39, 0.29) is 12.6 Å². The van der Waals surface area contributed by atoms with Crippen molar-refractivity contribution in [3.05, 3.63) is 137 Å². The van der Waals surface area contributed by atoms with Crippen LogP contribution >= 0.6 is 0 Å². The fourth-order valence-corrected chi connectivity index (χ4v) is 8.51. The second-order valence-electron chi connectivity index (χ2n) is 14.1. The molecule has 4 atom stereocenters. The van der Waals surface area contributed by atoms with E-state index in [1.807, 2.05) is 42.5 Å². The van der Waals surface area contributed by atoms with E-state index < -0.39 is 18.4 Å². The minimum Gasteiger partial charge on any atom is -0.491 e. The van der Waals surface area contributed by atoms with E-state index in [0.717, 1.165) is 66.8 Å². The first kappa shape index (κ1) is 30.7. The normalized spacial score (nSPS) is 22.1. The van der Waals surface area contributed by atoms with E-state index in [1.165, 1.54) is 26.9 Å². The quantitative estimate of drug-likeness (QED) is 0.174. The molecule has 0 spiro atoms. The van der Waals surface area contributed by atoms with Gasteiger partial charge in [-0.3, -0.25) is 9.80 Å². The molecule has 49 heavy (non-hydrogen) atoms. The summed E-state index contributed by atoms with van der Waals surface area (Å²) < 4.78 is 38.1. The van der Waals surface area contributed by atoms with Gasteiger partial charge in [0.05, 0.1) is 6.04 Å². The Hall–Kier alpha value is -4.36. The zero-order chi connectivity index (χ0) is 33.1. The first-order chi connectivity index (χ1) is 24.0. The van der Waals surface area contributed by atoms with E-state index in [9.17, 15) is 5.11 Å². The van der Waals surface area contributed by atoms with Gasteiger partial charge >= 0.3 is 0 Å². The van der Waals surface area contributed by atoms with Crippen molar-refractivity contribution >= 4 is 32.3 Å². The van der Waals surface area contributed by atoms with E-state index in [0.29, 0.717) is 23.6 Å². The van der Waals surface area contributed by atoms with Crippen LogP contribution in [0.5, 0.6) is 5.75 Å². The van der Waals surface area contributed by atoms with Gasteiger partial charge in [0.25, 0.3) is 0 Å². The molecule has 1 saturated heterocycles. The van der Waals surface area contributed by atoms with E-state index in [1.54, 1.807) is 6.07 Å². The number of halogens is 2. The van der Waals surface area contributed by atoms with Gasteiger partial charge in [-0.1, -0.05) is 97.1 Å². The summed E-state index contributed by atoms with van der Waals surface area (Å²) in [5.74, 6) is 1.07. The molecule has 2 fully saturated rings. The number of nitrogens with zero attached hydrogens (tertiary/aromatic N) is 2. The second-order valence-corrected chi connectivity index (χ2v) is 14.1. The lowest BCUT2D eigenvalue weighted by Crippen LogP contribution is -2.50. The first-order valence-corrected chi connectivity index (χ1v) is 17.7. The van der Waals surface area contributed by atoms with Crippen molar-refractivity contribution in [1.82, 2.24) is 9.80 Å². The number of fused-ring (bicyclic) bond motifs is 8. The number of alkyl halides is 2. The van der Waals surface area contributed by atoms with Gasteiger partial charge in [0.1, 0.15) is 18.5 Å². The number of benzene rings is 6. The molecule has 6 heteroatoms. The number of aliphatic hydroxyl groups excluding tert-OH is 1. The molecule has 9 rings (SSSR count). The smallest absolute Gasteiger partial charge is 0.161 e. The van der Waals surface area contributed by atoms with Crippen LogP contribution in [0, 0.1) is 0 Å². The predicted molar refractivity (Wildman–Crippen MR) is 193 cm³/mol. The molecule has 1 N–H and O–H groups in total. The highest BCUT2D eigenvalue weighted by atomic mass is 19.2. The van der Waals surface area contributed by atoms with Crippen molar-refractivity contribution in [1.29, 1.82) is 0 Å². The fourth-order valence-electron chi connectivity index (χ4n) is 8.51. The highest BCUT2D eigenvalue weighted by molar-refractivity contribution is 6.25. The molecule has 1 aliphatic heterocycles. The van der Waals surface area contributed by atoms with Crippen LogP contribution in [-0.2, 0) is 0 Å². The summed E-state index contributed by atoms with van der Waals surface area (Å²) >= 11 is 0. The number of hydrogen-bond acceptors (Lipinski definition) is 4. The summed E-state index contributed by atoms with van der Waals surface area (Å²) in [6.07, 6.45) is -1.93. The SMILES string of the molecule is O[C@@H](COc1ccc2c3ccccc3c3ccccc3c2c1)CN1CCN(C2c3ccccc3C(F)C(F)c3c(C4CC4)cccc32)CC1. The number of aliphatic hydroxyl groups is 1. The summed E-state index contributed by atoms with van der Waals surface area (Å²) in [5.41, 5.74) is 3.79. The number of hydrogen-bond donors (Lipinski definition) is 1. The van der Waals surface area contributed by atoms with Gasteiger partial charge in [0.2, 0.25) is 0 Å². The Bertz CT molecular complexity index is 2140. The molecule has 0 bridgehead atoms. The van der Waals surface area contributed by atoms with Crippen LogP contribution in [0.25, 0.3) is 32.3 Å². The van der Waals surface area contributed by atoms with Crippen molar-refractivity contribution in [2.75, 3.05) is 39.3 Å². The fraction of sp³-hybridized carbons (Fsp3) is 0.302. The molecule has 1 heterocycles. The lowest BCUT2D eigenvalue weighted by Gasteiger charge is -2.40. The molecule has 0 amide bonds. The van der Waals surface area contributed by atoms with Gasteiger partial charge in [0.15, 0.2) is 12.3 Å². The lowest BCUT2D eigenvalue weighted by atomic mass is 9.89. The second kappa shape index (κ2) is 12.5. The van der Waals surface area contributed by atoms with E-state index in [2.05, 4.69) is 70.5 Å². The first-order valence-electron chi connectivity index (χ1n) is 17.7. The van der Waals surface area contributed by atoms with Gasteiger partial charge in [-0.25, -0.2) is 8.78 Å². The van der Waals surface area contributed by atoms with Gasteiger partial charge in [0, 0.05) is 32.7 Å². The zero-order valence-electron chi connectivity index (χ0n) is 27.4. The van der Waals surface area contributed by atoms with Crippen molar-refractivity contribution in [2.45, 2.75) is 43.2 Å². The average molecular weight is 655 g/mol. The molecule has 3 aliphatic rings. The van der Waals surface area contributed by atoms with Crippen LogP contribution < -0.4 is 4.74 Å². The maximum absolute atomic E-state index is 16.1. The van der Waals surface area contributed by atoms with Crippen LogP contribution in [0.3, 0.4) is 0 Å². The number of rotatable bonds is 7. The van der Waals surface area contributed by atoms with E-state index >= 15 is 8.78 Å². The molecule has 1 saturated carbocycles. The Morgan fingerprint density at radius 3 is 1.86 bits per heavy atom. The van der Waals surface area contributed by atoms with Gasteiger partial charge in [-0.15, -0.1) is 0 Å². The third kappa shape index (κ3) is 5.47. The maximum Gasteiger partial charge on any atom is 0.161 e. The Morgan fingerprint density at radius 1 is 0.612 bits per heavy atom. The Kier molecular flexibility index (Phi) is 7.83. The van der Waals surface area contributed by atoms with Gasteiger partial charge in [-0.2, -0.15) is 0 Å². The summed E-state index contributed by atoms with van der Waals surface area (Å²) in [6, 6.07) is 36.5. The summed E-state index contributed by atoms with van der Waals surface area (Å²) in [6.45, 7) is 3.66. The Labute approximate surface area is 285 Å². The third-order valence-electron chi connectivity index (χ3n) is 11.0. The highest BCUT2D eigenvalue weighted by Crippen LogP contribution is 2.53. The maximum atomic E-state index is 16.1. The topological polar surface area (TPSA) is 35.9 Å². The molecule has 0 radical (unpaired) electrons. The Balaban J connectivity index is 0.902. The Morgan fingerprint density at radius 2 is 1.18 bits per heavy atom. The number of piperazine rings is 1. The van der Waals surface area contributed by atoms with Crippen molar-refractivity contribution in [3.63, 3.8) is 0 Å². The largest absolute Gasteiger partial charge is 0.491 e. The molecule has 0 aromatic heterocycles. The van der Waals surface area contributed by atoms with Crippen molar-refractivity contribution in [2.24, 2.45) is 0 Å². The summed E-state index contributed by atoms with van der Waals surface area (Å²) in [4.78, 5) is 4.65. The van der Waals surface area contributed by atoms with Crippen LogP contribution in [0.15, 0.2) is 109 Å². The monoisotopic (exact) mass is 654 g/mol. The van der Waals surface area contributed by atoms with E-state index in [4.69, 9.17) is 4.74 Å². The summed E-state index contributed by atoms with van der Waals surface area (Å²) in [5, 5.41) is 18.3. The highest BCUT2D eigenvalue weighted by Gasteiger charge is 2.42. The minimum atomic E-state index is -1.68. The van der Waals surface area contributed by atoms with Gasteiger partial charge in [-0.05, 0) is 91.0 Å². The number of ether oxygens (including phenoxy) is 1. The molecule has 6 aromatic rings. The zero-order valence-corrected chi connectivity index (χ0v) is 27.4. The van der Waals surface area contributed by atoms with Crippen molar-refractivity contribution < 1.29 is 18.6 Å². The molecule has 2 aliphatic carbocycles. The van der Waals surface area contributed by atoms with Gasteiger partial charge < -0.3 is 9.84 Å². The summed E-state index contributed by atoms with van der Waals surface area (Å²) in [7, 11) is 0. The van der Waals surface area contributed by atoms with Crippen LogP contribution in [0.4, 0.5) is 8.78 Å². The van der Waals surface area contributed by atoms with Crippen LogP contribution in [0.1, 0.15) is 65.0 Å². The average Bonchev–Trinajstić information content (AvgIpc) is 4.01. The van der Waals surface area contributed by atoms with Crippen LogP contribution in [-0.4, -0.2) is 60.3 Å². The third-order valence-corrected chi connectivity index (χ3v) is 11.0.